The molecule has 8 heteroatoms. The Hall–Kier alpha value is -1.54. The molecule has 1 aromatic rings. The number of ether oxygens (including phenoxy) is 2. The van der Waals surface area contributed by atoms with Crippen LogP contribution in [0.5, 0.6) is 0 Å². The normalized spacial score (nSPS) is 10.9. The number of tetrazole rings is 1. The maximum absolute atomic E-state index is 11.1. The van der Waals surface area contributed by atoms with Crippen molar-refractivity contribution >= 4 is 5.97 Å². The third kappa shape index (κ3) is 5.19. The summed E-state index contributed by atoms with van der Waals surface area (Å²) in [4.78, 5) is 14.6. The second-order valence-corrected chi connectivity index (χ2v) is 3.79. The van der Waals surface area contributed by atoms with E-state index in [0.29, 0.717) is 38.5 Å². The molecule has 0 aliphatic heterocycles. The quantitative estimate of drug-likeness (QED) is 0.565. The van der Waals surface area contributed by atoms with Crippen molar-refractivity contribution in [2.24, 2.45) is 7.05 Å². The fraction of sp³-hybridized carbons (Fsp3) is 0.800. The number of esters is 1. The number of carbonyl (C=O) groups excluding carboxylic acids is 1. The minimum Gasteiger partial charge on any atom is -0.469 e. The first-order chi connectivity index (χ1) is 8.65. The van der Waals surface area contributed by atoms with E-state index in [2.05, 4.69) is 20.1 Å². The first-order valence-electron chi connectivity index (χ1n) is 5.66. The Morgan fingerprint density at radius 3 is 2.72 bits per heavy atom. The minimum absolute atomic E-state index is 0.232. The van der Waals surface area contributed by atoms with Crippen molar-refractivity contribution in [3.05, 3.63) is 5.82 Å². The van der Waals surface area contributed by atoms with Crippen LogP contribution in [0.1, 0.15) is 12.2 Å². The zero-order valence-corrected chi connectivity index (χ0v) is 11.0. The van der Waals surface area contributed by atoms with Gasteiger partial charge in [0.25, 0.3) is 0 Å². The van der Waals surface area contributed by atoms with Crippen LogP contribution in [0.4, 0.5) is 0 Å². The van der Waals surface area contributed by atoms with Crippen LogP contribution in [0.25, 0.3) is 0 Å². The lowest BCUT2D eigenvalue weighted by Gasteiger charge is -2.19. The van der Waals surface area contributed by atoms with Gasteiger partial charge in [-0.2, -0.15) is 4.80 Å². The Labute approximate surface area is 106 Å². The number of rotatable bonds is 8. The van der Waals surface area contributed by atoms with Crippen molar-refractivity contribution in [2.75, 3.05) is 33.9 Å². The van der Waals surface area contributed by atoms with E-state index >= 15 is 0 Å². The van der Waals surface area contributed by atoms with Gasteiger partial charge in [-0.1, -0.05) is 0 Å². The van der Waals surface area contributed by atoms with Crippen LogP contribution < -0.4 is 0 Å². The molecule has 0 aliphatic carbocycles. The molecule has 0 radical (unpaired) electrons. The highest BCUT2D eigenvalue weighted by molar-refractivity contribution is 5.69. The molecular formula is C10H19N5O3. The molecule has 0 N–H and O–H groups in total. The summed E-state index contributed by atoms with van der Waals surface area (Å²) in [6.45, 7) is 2.40. The van der Waals surface area contributed by atoms with Gasteiger partial charge >= 0.3 is 5.97 Å². The highest BCUT2D eigenvalue weighted by Gasteiger charge is 2.11. The summed E-state index contributed by atoms with van der Waals surface area (Å²) in [5.41, 5.74) is 0. The van der Waals surface area contributed by atoms with Crippen molar-refractivity contribution in [1.29, 1.82) is 0 Å². The molecule has 0 aromatic carbocycles. The third-order valence-corrected chi connectivity index (χ3v) is 2.39. The van der Waals surface area contributed by atoms with Crippen LogP contribution in [-0.4, -0.2) is 65.0 Å². The molecule has 0 amide bonds. The van der Waals surface area contributed by atoms with E-state index in [4.69, 9.17) is 4.74 Å². The Kier molecular flexibility index (Phi) is 6.23. The first kappa shape index (κ1) is 14.5. The number of carbonyl (C=O) groups is 1. The van der Waals surface area contributed by atoms with Gasteiger partial charge in [0, 0.05) is 20.2 Å². The predicted molar refractivity (Wildman–Crippen MR) is 62.6 cm³/mol. The highest BCUT2D eigenvalue weighted by atomic mass is 16.5. The van der Waals surface area contributed by atoms with E-state index in [9.17, 15) is 4.79 Å². The molecule has 1 heterocycles. The van der Waals surface area contributed by atoms with Crippen molar-refractivity contribution in [3.63, 3.8) is 0 Å². The average molecular weight is 257 g/mol. The van der Waals surface area contributed by atoms with Gasteiger partial charge in [0.1, 0.15) is 0 Å². The summed E-state index contributed by atoms with van der Waals surface area (Å²) in [6, 6.07) is 0. The van der Waals surface area contributed by atoms with Gasteiger partial charge in [0.2, 0.25) is 0 Å². The fourth-order valence-electron chi connectivity index (χ4n) is 1.43. The summed E-state index contributed by atoms with van der Waals surface area (Å²) in [5.74, 6) is 0.392. The van der Waals surface area contributed by atoms with Gasteiger partial charge in [0.05, 0.1) is 33.7 Å². The molecule has 0 unspecified atom stereocenters. The molecule has 1 rings (SSSR count). The van der Waals surface area contributed by atoms with Crippen LogP contribution in [-0.2, 0) is 27.9 Å². The van der Waals surface area contributed by atoms with E-state index in [-0.39, 0.29) is 5.97 Å². The van der Waals surface area contributed by atoms with E-state index in [1.807, 2.05) is 4.90 Å². The lowest BCUT2D eigenvalue weighted by molar-refractivity contribution is -0.141. The number of aromatic nitrogens is 4. The first-order valence-corrected chi connectivity index (χ1v) is 5.66. The number of hydrogen-bond donors (Lipinski definition) is 0. The molecule has 8 nitrogen and oxygen atoms in total. The zero-order chi connectivity index (χ0) is 13.4. The van der Waals surface area contributed by atoms with Gasteiger partial charge in [-0.05, 0) is 5.21 Å². The largest absolute Gasteiger partial charge is 0.469 e. The molecule has 102 valence electrons. The number of methoxy groups -OCH3 is 2. The van der Waals surface area contributed by atoms with Crippen LogP contribution >= 0.6 is 0 Å². The predicted octanol–water partition coefficient (Wildman–Crippen LogP) is -0.778. The molecule has 0 spiro atoms. The van der Waals surface area contributed by atoms with Gasteiger partial charge in [-0.15, -0.1) is 10.2 Å². The van der Waals surface area contributed by atoms with Crippen LogP contribution in [0.3, 0.4) is 0 Å². The maximum atomic E-state index is 11.1. The topological polar surface area (TPSA) is 82.4 Å². The maximum Gasteiger partial charge on any atom is 0.306 e. The molecule has 0 atom stereocenters. The lowest BCUT2D eigenvalue weighted by atomic mass is 10.3. The molecule has 0 fully saturated rings. The third-order valence-electron chi connectivity index (χ3n) is 2.39. The van der Waals surface area contributed by atoms with Crippen LogP contribution in [0, 0.1) is 0 Å². The van der Waals surface area contributed by atoms with Crippen molar-refractivity contribution in [1.82, 2.24) is 25.1 Å². The van der Waals surface area contributed by atoms with Gasteiger partial charge in [-0.3, -0.25) is 9.69 Å². The van der Waals surface area contributed by atoms with E-state index in [1.165, 1.54) is 11.9 Å². The van der Waals surface area contributed by atoms with Gasteiger partial charge in [-0.25, -0.2) is 0 Å². The summed E-state index contributed by atoms with van der Waals surface area (Å²) in [7, 11) is 4.73. The molecule has 0 bridgehead atoms. The SMILES string of the molecule is COCCN(CCC(=O)OC)Cc1nnn(C)n1. The fourth-order valence-corrected chi connectivity index (χ4v) is 1.43. The van der Waals surface area contributed by atoms with Crippen LogP contribution in [0.15, 0.2) is 0 Å². The van der Waals surface area contributed by atoms with Crippen molar-refractivity contribution in [3.8, 4) is 0 Å². The molecule has 0 aliphatic rings. The Balaban J connectivity index is 2.46. The Bertz CT molecular complexity index is 368. The van der Waals surface area contributed by atoms with E-state index < -0.39 is 0 Å². The molecule has 0 saturated heterocycles. The van der Waals surface area contributed by atoms with Crippen LogP contribution in [0.2, 0.25) is 0 Å². The smallest absolute Gasteiger partial charge is 0.306 e. The monoisotopic (exact) mass is 257 g/mol. The second-order valence-electron chi connectivity index (χ2n) is 3.79. The summed E-state index contributed by atoms with van der Waals surface area (Å²) in [6.07, 6.45) is 0.334. The van der Waals surface area contributed by atoms with E-state index in [0.717, 1.165) is 0 Å². The van der Waals surface area contributed by atoms with Gasteiger partial charge < -0.3 is 9.47 Å². The summed E-state index contributed by atoms with van der Waals surface area (Å²) < 4.78 is 9.64. The minimum atomic E-state index is -0.232. The summed E-state index contributed by atoms with van der Waals surface area (Å²) >= 11 is 0. The average Bonchev–Trinajstić information content (AvgIpc) is 2.77. The highest BCUT2D eigenvalue weighted by Crippen LogP contribution is 1.99. The van der Waals surface area contributed by atoms with Crippen molar-refractivity contribution in [2.45, 2.75) is 13.0 Å². The molecule has 0 saturated carbocycles. The standard InChI is InChI=1S/C10H19N5O3/c1-14-12-9(11-13-14)8-15(6-7-17-2)5-4-10(16)18-3/h4-8H2,1-3H3. The number of nitrogens with zero attached hydrogens (tertiary/aromatic N) is 5. The number of aryl methyl sites for hydroxylation is 1. The van der Waals surface area contributed by atoms with E-state index in [1.54, 1.807) is 14.2 Å². The molecular weight excluding hydrogens is 238 g/mol. The molecule has 1 aromatic heterocycles. The lowest BCUT2D eigenvalue weighted by Crippen LogP contribution is -2.30. The number of hydrogen-bond acceptors (Lipinski definition) is 7. The summed E-state index contributed by atoms with van der Waals surface area (Å²) in [5, 5.41) is 11.8. The zero-order valence-electron chi connectivity index (χ0n) is 11.0. The Morgan fingerprint density at radius 1 is 1.39 bits per heavy atom. The van der Waals surface area contributed by atoms with Crippen molar-refractivity contribution < 1.29 is 14.3 Å². The second kappa shape index (κ2) is 7.72. The van der Waals surface area contributed by atoms with Gasteiger partial charge in [0.15, 0.2) is 5.82 Å². The Morgan fingerprint density at radius 2 is 2.17 bits per heavy atom. The molecule has 18 heavy (non-hydrogen) atoms.